The molecule has 2 N–H and O–H groups in total. The Labute approximate surface area is 100 Å². The first-order valence-corrected chi connectivity index (χ1v) is 5.43. The zero-order valence-corrected chi connectivity index (χ0v) is 10.3. The molecule has 6 nitrogen and oxygen atoms in total. The number of amides is 1. The molecule has 0 radical (unpaired) electrons. The van der Waals surface area contributed by atoms with Gasteiger partial charge in [-0.2, -0.15) is 0 Å². The predicted octanol–water partition coefficient (Wildman–Crippen LogP) is 1.06. The Balaban J connectivity index is 2.65. The van der Waals surface area contributed by atoms with Crippen LogP contribution in [0.3, 0.4) is 0 Å². The molecule has 17 heavy (non-hydrogen) atoms. The monoisotopic (exact) mass is 242 g/mol. The lowest BCUT2D eigenvalue weighted by molar-refractivity contribution is -0.117. The fourth-order valence-electron chi connectivity index (χ4n) is 1.46. The maximum absolute atomic E-state index is 11.8. The maximum atomic E-state index is 11.8. The molecule has 0 aromatic carbocycles. The molecular formula is C11H18N2O4. The van der Waals surface area contributed by atoms with Gasteiger partial charge in [-0.25, -0.2) is 4.79 Å². The van der Waals surface area contributed by atoms with Gasteiger partial charge in [0.05, 0.1) is 6.54 Å². The van der Waals surface area contributed by atoms with Gasteiger partial charge in [-0.05, 0) is 20.8 Å². The molecule has 0 aromatic rings. The number of Topliss-reactive ketones (excluding diaryl/α,β-unsaturated/α-hetero) is 1. The fraction of sp³-hybridized carbons (Fsp3) is 0.636. The molecule has 0 bridgehead atoms. The van der Waals surface area contributed by atoms with Crippen LogP contribution in [0, 0.1) is 0 Å². The van der Waals surface area contributed by atoms with Crippen LogP contribution >= 0.6 is 0 Å². The highest BCUT2D eigenvalue weighted by Crippen LogP contribution is 2.16. The summed E-state index contributed by atoms with van der Waals surface area (Å²) in [6, 6.07) is 0. The van der Waals surface area contributed by atoms with Crippen molar-refractivity contribution in [3.63, 3.8) is 0 Å². The van der Waals surface area contributed by atoms with Gasteiger partial charge < -0.3 is 9.64 Å². The van der Waals surface area contributed by atoms with Gasteiger partial charge in [-0.1, -0.05) is 0 Å². The Bertz CT molecular complexity index is 344. The number of nitrogens with one attached hydrogen (secondary N) is 1. The van der Waals surface area contributed by atoms with E-state index in [1.807, 2.05) is 5.48 Å². The smallest absolute Gasteiger partial charge is 0.410 e. The molecule has 6 heteroatoms. The van der Waals surface area contributed by atoms with Crippen LogP contribution in [0.15, 0.2) is 11.8 Å². The van der Waals surface area contributed by atoms with Crippen LogP contribution in [0.25, 0.3) is 0 Å². The topological polar surface area (TPSA) is 78.9 Å². The molecule has 1 aliphatic heterocycles. The summed E-state index contributed by atoms with van der Waals surface area (Å²) in [5.41, 5.74) is 1.62. The second-order valence-electron chi connectivity index (χ2n) is 4.87. The molecule has 1 rings (SSSR count). The lowest BCUT2D eigenvalue weighted by Crippen LogP contribution is -2.43. The minimum absolute atomic E-state index is 0.0774. The molecule has 0 spiro atoms. The molecule has 1 aliphatic rings. The summed E-state index contributed by atoms with van der Waals surface area (Å²) in [5.74, 6) is -0.0774. The normalized spacial score (nSPS) is 19.4. The van der Waals surface area contributed by atoms with Gasteiger partial charge in [0.15, 0.2) is 5.78 Å². The largest absolute Gasteiger partial charge is 0.444 e. The zero-order chi connectivity index (χ0) is 13.1. The van der Waals surface area contributed by atoms with E-state index in [9.17, 15) is 9.59 Å². The van der Waals surface area contributed by atoms with Gasteiger partial charge >= 0.3 is 6.09 Å². The minimum Gasteiger partial charge on any atom is -0.444 e. The van der Waals surface area contributed by atoms with Gasteiger partial charge in [0.2, 0.25) is 0 Å². The summed E-state index contributed by atoms with van der Waals surface area (Å²) < 4.78 is 5.20. The van der Waals surface area contributed by atoms with Crippen molar-refractivity contribution in [1.29, 1.82) is 0 Å². The first-order chi connectivity index (χ1) is 7.83. The molecule has 0 aromatic heterocycles. The first kappa shape index (κ1) is 13.5. The molecular weight excluding hydrogens is 224 g/mol. The Morgan fingerprint density at radius 1 is 1.53 bits per heavy atom. The lowest BCUT2D eigenvalue weighted by atomic mass is 10.0. The van der Waals surface area contributed by atoms with Crippen LogP contribution in [-0.2, 0) is 9.53 Å². The fourth-order valence-corrected chi connectivity index (χ4v) is 1.46. The van der Waals surface area contributed by atoms with E-state index in [-0.39, 0.29) is 18.7 Å². The number of carbonyl (C=O) groups excluding carboxylic acids is 2. The van der Waals surface area contributed by atoms with E-state index >= 15 is 0 Å². The maximum Gasteiger partial charge on any atom is 0.410 e. The van der Waals surface area contributed by atoms with E-state index in [0.717, 1.165) is 0 Å². The zero-order valence-electron chi connectivity index (χ0n) is 10.3. The Morgan fingerprint density at radius 2 is 2.18 bits per heavy atom. The molecule has 0 aliphatic carbocycles. The van der Waals surface area contributed by atoms with Crippen molar-refractivity contribution in [2.24, 2.45) is 0 Å². The summed E-state index contributed by atoms with van der Waals surface area (Å²) in [5, 5.41) is 8.53. The minimum atomic E-state index is -0.558. The molecule has 1 amide bonds. The summed E-state index contributed by atoms with van der Waals surface area (Å²) in [4.78, 5) is 24.6. The number of hydrogen-bond donors (Lipinski definition) is 2. The van der Waals surface area contributed by atoms with Crippen molar-refractivity contribution in [3.8, 4) is 0 Å². The number of nitrogens with zero attached hydrogens (tertiary/aromatic N) is 1. The summed E-state index contributed by atoms with van der Waals surface area (Å²) in [7, 11) is 0. The second-order valence-corrected chi connectivity index (χ2v) is 4.87. The van der Waals surface area contributed by atoms with Gasteiger partial charge in [0.1, 0.15) is 5.60 Å². The molecule has 0 atom stereocenters. The number of ether oxygens (including phenoxy) is 1. The van der Waals surface area contributed by atoms with Crippen molar-refractivity contribution >= 4 is 11.9 Å². The van der Waals surface area contributed by atoms with Crippen LogP contribution in [0.1, 0.15) is 27.2 Å². The number of rotatable bonds is 1. The molecule has 1 saturated heterocycles. The Morgan fingerprint density at radius 3 is 2.71 bits per heavy atom. The second kappa shape index (κ2) is 5.18. The molecule has 96 valence electrons. The van der Waals surface area contributed by atoms with Crippen LogP contribution < -0.4 is 5.48 Å². The van der Waals surface area contributed by atoms with Gasteiger partial charge in [0.25, 0.3) is 0 Å². The van der Waals surface area contributed by atoms with E-state index in [0.29, 0.717) is 12.1 Å². The van der Waals surface area contributed by atoms with Crippen molar-refractivity contribution in [2.45, 2.75) is 32.8 Å². The number of hydrogen-bond acceptors (Lipinski definition) is 5. The number of ketones is 1. The highest BCUT2D eigenvalue weighted by molar-refractivity contribution is 5.97. The van der Waals surface area contributed by atoms with Crippen LogP contribution in [0.4, 0.5) is 4.79 Å². The van der Waals surface area contributed by atoms with Crippen LogP contribution in [0.5, 0.6) is 0 Å². The summed E-state index contributed by atoms with van der Waals surface area (Å²) in [6.45, 7) is 5.85. The Kier molecular flexibility index (Phi) is 4.11. The lowest BCUT2D eigenvalue weighted by Gasteiger charge is -2.30. The third-order valence-corrected chi connectivity index (χ3v) is 2.22. The van der Waals surface area contributed by atoms with E-state index in [4.69, 9.17) is 9.94 Å². The quantitative estimate of drug-likeness (QED) is 0.531. The first-order valence-electron chi connectivity index (χ1n) is 5.43. The molecule has 1 heterocycles. The molecule has 1 fully saturated rings. The van der Waals surface area contributed by atoms with Gasteiger partial charge in [-0.3, -0.25) is 15.5 Å². The number of piperidine rings is 1. The standard InChI is InChI=1S/C11H18N2O4/c1-11(2,3)17-10(15)13-5-4-9(14)8(7-13)6-12-16/h6,12,16H,4-5,7H2,1-3H3. The van der Waals surface area contributed by atoms with Crippen molar-refractivity contribution in [3.05, 3.63) is 11.8 Å². The third-order valence-electron chi connectivity index (χ3n) is 2.22. The van der Waals surface area contributed by atoms with E-state index in [1.165, 1.54) is 11.1 Å². The van der Waals surface area contributed by atoms with E-state index in [2.05, 4.69) is 0 Å². The average molecular weight is 242 g/mol. The highest BCUT2D eigenvalue weighted by Gasteiger charge is 2.28. The van der Waals surface area contributed by atoms with Crippen molar-refractivity contribution < 1.29 is 19.5 Å². The van der Waals surface area contributed by atoms with Gasteiger partial charge in [-0.15, -0.1) is 0 Å². The van der Waals surface area contributed by atoms with Crippen molar-refractivity contribution in [2.75, 3.05) is 13.1 Å². The summed E-state index contributed by atoms with van der Waals surface area (Å²) >= 11 is 0. The third kappa shape index (κ3) is 4.07. The van der Waals surface area contributed by atoms with E-state index in [1.54, 1.807) is 20.8 Å². The SMILES string of the molecule is CC(C)(C)OC(=O)N1CCC(=O)C(=CNO)C1. The van der Waals surface area contributed by atoms with E-state index < -0.39 is 11.7 Å². The number of carbonyl (C=O) groups is 2. The predicted molar refractivity (Wildman–Crippen MR) is 60.4 cm³/mol. The van der Waals surface area contributed by atoms with Crippen LogP contribution in [0.2, 0.25) is 0 Å². The highest BCUT2D eigenvalue weighted by atomic mass is 16.6. The van der Waals surface area contributed by atoms with Crippen molar-refractivity contribution in [1.82, 2.24) is 10.4 Å². The average Bonchev–Trinajstić information content (AvgIpc) is 2.19. The Hall–Kier alpha value is -1.56. The number of likely N-dealkylation sites (tertiary alicyclic amines) is 1. The number of hydroxylamine groups is 1. The molecule has 0 saturated carbocycles. The van der Waals surface area contributed by atoms with Gasteiger partial charge in [0, 0.05) is 24.7 Å². The van der Waals surface area contributed by atoms with Crippen LogP contribution in [-0.4, -0.2) is 40.7 Å². The summed E-state index contributed by atoms with van der Waals surface area (Å²) in [6.07, 6.45) is 0.986. The molecule has 0 unspecified atom stereocenters.